The second kappa shape index (κ2) is 7.82. The quantitative estimate of drug-likeness (QED) is 0.326. The molecule has 0 aliphatic carbocycles. The molecule has 0 radical (unpaired) electrons. The highest BCUT2D eigenvalue weighted by molar-refractivity contribution is 7.14. The lowest BCUT2D eigenvalue weighted by Crippen LogP contribution is -1.99. The molecule has 1 heterocycles. The Bertz CT molecular complexity index is 987. The summed E-state index contributed by atoms with van der Waals surface area (Å²) in [4.78, 5) is 14.7. The Balaban J connectivity index is 1.73. The molecule has 0 unspecified atom stereocenters. The normalized spacial score (nSPS) is 11.4. The van der Waals surface area contributed by atoms with Gasteiger partial charge in [0, 0.05) is 23.1 Å². The van der Waals surface area contributed by atoms with Gasteiger partial charge in [-0.1, -0.05) is 29.3 Å². The number of rotatable bonds is 5. The molecule has 2 aromatic carbocycles. The number of halogens is 2. The van der Waals surface area contributed by atoms with Gasteiger partial charge in [0.15, 0.2) is 0 Å². The maximum atomic E-state index is 10.7. The SMILES string of the molecule is CC(=NNc1nc(-c2ccc([N+](=O)[O-])cc2)cs1)c1ccc(Cl)c(Cl)c1. The zero-order valence-corrected chi connectivity index (χ0v) is 15.8. The molecular formula is C17H12Cl2N4O2S. The predicted octanol–water partition coefficient (Wildman–Crippen LogP) is 5.86. The minimum atomic E-state index is -0.432. The summed E-state index contributed by atoms with van der Waals surface area (Å²) in [6, 6.07) is 11.5. The zero-order valence-electron chi connectivity index (χ0n) is 13.4. The number of benzene rings is 2. The molecule has 26 heavy (non-hydrogen) atoms. The van der Waals surface area contributed by atoms with Gasteiger partial charge >= 0.3 is 0 Å². The van der Waals surface area contributed by atoms with Gasteiger partial charge in [0.2, 0.25) is 5.13 Å². The van der Waals surface area contributed by atoms with Crippen molar-refractivity contribution in [1.29, 1.82) is 0 Å². The molecule has 1 aromatic heterocycles. The summed E-state index contributed by atoms with van der Waals surface area (Å²) in [7, 11) is 0. The standard InChI is InChI=1S/C17H12Cl2N4O2S/c1-10(12-4-7-14(18)15(19)8-12)21-22-17-20-16(9-26-17)11-2-5-13(6-3-11)23(24)25/h2-9H,1H3,(H,20,22). The van der Waals surface area contributed by atoms with Crippen molar-refractivity contribution in [3.8, 4) is 11.3 Å². The number of non-ortho nitro benzene ring substituents is 1. The van der Waals surface area contributed by atoms with Gasteiger partial charge in [-0.25, -0.2) is 4.98 Å². The first kappa shape index (κ1) is 18.3. The second-order valence-corrected chi connectivity index (χ2v) is 6.95. The Morgan fingerprint density at radius 1 is 1.19 bits per heavy atom. The van der Waals surface area contributed by atoms with Crippen molar-refractivity contribution in [1.82, 2.24) is 4.98 Å². The molecule has 0 spiro atoms. The smallest absolute Gasteiger partial charge is 0.258 e. The lowest BCUT2D eigenvalue weighted by molar-refractivity contribution is -0.384. The average molecular weight is 407 g/mol. The van der Waals surface area contributed by atoms with Crippen LogP contribution in [0, 0.1) is 10.1 Å². The van der Waals surface area contributed by atoms with Crippen LogP contribution >= 0.6 is 34.5 Å². The third kappa shape index (κ3) is 4.19. The van der Waals surface area contributed by atoms with Gasteiger partial charge in [-0.05, 0) is 36.8 Å². The van der Waals surface area contributed by atoms with E-state index in [1.807, 2.05) is 18.4 Å². The van der Waals surface area contributed by atoms with Gasteiger partial charge in [-0.3, -0.25) is 15.5 Å². The van der Waals surface area contributed by atoms with Crippen molar-refractivity contribution >= 4 is 51.1 Å². The monoisotopic (exact) mass is 406 g/mol. The number of anilines is 1. The van der Waals surface area contributed by atoms with Crippen molar-refractivity contribution in [2.24, 2.45) is 5.10 Å². The topological polar surface area (TPSA) is 80.4 Å². The van der Waals surface area contributed by atoms with E-state index in [-0.39, 0.29) is 5.69 Å². The van der Waals surface area contributed by atoms with Gasteiger partial charge in [0.25, 0.3) is 5.69 Å². The first-order valence-corrected chi connectivity index (χ1v) is 9.03. The molecule has 0 saturated carbocycles. The molecule has 132 valence electrons. The molecule has 0 amide bonds. The van der Waals surface area contributed by atoms with E-state index in [1.165, 1.54) is 23.5 Å². The number of hydrazone groups is 1. The maximum absolute atomic E-state index is 10.7. The summed E-state index contributed by atoms with van der Waals surface area (Å²) in [5.41, 5.74) is 6.05. The zero-order chi connectivity index (χ0) is 18.7. The summed E-state index contributed by atoms with van der Waals surface area (Å²) in [5, 5.41) is 18.4. The minimum absolute atomic E-state index is 0.0455. The third-order valence-corrected chi connectivity index (χ3v) is 5.02. The number of hydrogen-bond donors (Lipinski definition) is 1. The summed E-state index contributed by atoms with van der Waals surface area (Å²) in [5.74, 6) is 0. The second-order valence-electron chi connectivity index (χ2n) is 5.28. The van der Waals surface area contributed by atoms with Crippen LogP contribution in [0.2, 0.25) is 10.0 Å². The Morgan fingerprint density at radius 3 is 2.58 bits per heavy atom. The van der Waals surface area contributed by atoms with Crippen molar-refractivity contribution in [2.75, 3.05) is 5.43 Å². The number of thiazole rings is 1. The average Bonchev–Trinajstić information content (AvgIpc) is 3.11. The number of nitro groups is 1. The number of nitro benzene ring substituents is 1. The fourth-order valence-electron chi connectivity index (χ4n) is 2.13. The maximum Gasteiger partial charge on any atom is 0.269 e. The molecule has 3 aromatic rings. The summed E-state index contributed by atoms with van der Waals surface area (Å²) in [6.07, 6.45) is 0. The van der Waals surface area contributed by atoms with Crippen LogP contribution in [0.5, 0.6) is 0 Å². The van der Waals surface area contributed by atoms with Crippen molar-refractivity contribution in [3.63, 3.8) is 0 Å². The predicted molar refractivity (Wildman–Crippen MR) is 107 cm³/mol. The van der Waals surface area contributed by atoms with Gasteiger partial charge in [-0.2, -0.15) is 5.10 Å². The van der Waals surface area contributed by atoms with Crippen LogP contribution in [-0.4, -0.2) is 15.6 Å². The molecule has 0 fully saturated rings. The van der Waals surface area contributed by atoms with Gasteiger partial charge in [-0.15, -0.1) is 11.3 Å². The van der Waals surface area contributed by atoms with E-state index in [4.69, 9.17) is 23.2 Å². The van der Waals surface area contributed by atoms with Crippen LogP contribution in [0.15, 0.2) is 52.9 Å². The van der Waals surface area contributed by atoms with Crippen LogP contribution in [0.4, 0.5) is 10.8 Å². The molecule has 3 rings (SSSR count). The molecule has 1 N–H and O–H groups in total. The Hall–Kier alpha value is -2.48. The lowest BCUT2D eigenvalue weighted by Gasteiger charge is -2.03. The van der Waals surface area contributed by atoms with Gasteiger partial charge < -0.3 is 0 Å². The van der Waals surface area contributed by atoms with E-state index in [9.17, 15) is 10.1 Å². The molecule has 9 heteroatoms. The van der Waals surface area contributed by atoms with E-state index in [1.54, 1.807) is 24.3 Å². The summed E-state index contributed by atoms with van der Waals surface area (Å²) in [6.45, 7) is 1.84. The Labute approximate surface area is 163 Å². The number of nitrogens with one attached hydrogen (secondary N) is 1. The highest BCUT2D eigenvalue weighted by Crippen LogP contribution is 2.27. The van der Waals surface area contributed by atoms with Crippen LogP contribution in [0.3, 0.4) is 0 Å². The first-order chi connectivity index (χ1) is 12.4. The molecule has 0 aliphatic heterocycles. The van der Waals surface area contributed by atoms with E-state index < -0.39 is 4.92 Å². The Morgan fingerprint density at radius 2 is 1.92 bits per heavy atom. The number of aromatic nitrogens is 1. The van der Waals surface area contributed by atoms with Crippen LogP contribution in [0.1, 0.15) is 12.5 Å². The largest absolute Gasteiger partial charge is 0.269 e. The molecule has 6 nitrogen and oxygen atoms in total. The van der Waals surface area contributed by atoms with Crippen molar-refractivity contribution < 1.29 is 4.92 Å². The molecular weight excluding hydrogens is 395 g/mol. The first-order valence-electron chi connectivity index (χ1n) is 7.40. The van der Waals surface area contributed by atoms with E-state index in [0.29, 0.717) is 15.2 Å². The number of hydrogen-bond acceptors (Lipinski definition) is 6. The van der Waals surface area contributed by atoms with Crippen molar-refractivity contribution in [2.45, 2.75) is 6.92 Å². The summed E-state index contributed by atoms with van der Waals surface area (Å²) >= 11 is 13.3. The van der Waals surface area contributed by atoms with E-state index in [2.05, 4.69) is 15.5 Å². The third-order valence-electron chi connectivity index (χ3n) is 3.53. The molecule has 0 saturated heterocycles. The summed E-state index contributed by atoms with van der Waals surface area (Å²) < 4.78 is 0. The van der Waals surface area contributed by atoms with Crippen LogP contribution < -0.4 is 5.43 Å². The molecule has 0 atom stereocenters. The van der Waals surface area contributed by atoms with Crippen LogP contribution in [-0.2, 0) is 0 Å². The highest BCUT2D eigenvalue weighted by atomic mass is 35.5. The number of nitrogens with zero attached hydrogens (tertiary/aromatic N) is 3. The molecule has 0 bridgehead atoms. The van der Waals surface area contributed by atoms with Crippen LogP contribution in [0.25, 0.3) is 11.3 Å². The van der Waals surface area contributed by atoms with Gasteiger partial charge in [0.1, 0.15) is 0 Å². The van der Waals surface area contributed by atoms with E-state index in [0.717, 1.165) is 22.5 Å². The van der Waals surface area contributed by atoms with Gasteiger partial charge in [0.05, 0.1) is 26.4 Å². The fraction of sp³-hybridized carbons (Fsp3) is 0.0588. The van der Waals surface area contributed by atoms with Crippen molar-refractivity contribution in [3.05, 3.63) is 73.6 Å². The molecule has 0 aliphatic rings. The fourth-order valence-corrected chi connectivity index (χ4v) is 3.09. The van der Waals surface area contributed by atoms with E-state index >= 15 is 0 Å². The Kier molecular flexibility index (Phi) is 5.51. The highest BCUT2D eigenvalue weighted by Gasteiger charge is 2.08. The minimum Gasteiger partial charge on any atom is -0.258 e. The lowest BCUT2D eigenvalue weighted by atomic mass is 10.1.